The average molecular weight is 486 g/mol. The maximum absolute atomic E-state index is 13.1. The molecule has 0 bridgehead atoms. The SMILES string of the molecule is CCCCN(CCCC)CCCNC(=O)c1cc2n(c1C(=O)O)CCc1cc(OC)c(OC)cc1-2. The number of carbonyl (C=O) groups is 2. The summed E-state index contributed by atoms with van der Waals surface area (Å²) < 4.78 is 12.6. The third kappa shape index (κ3) is 6.17. The Morgan fingerprint density at radius 3 is 2.23 bits per heavy atom. The number of carbonyl (C=O) groups excluding carboxylic acids is 1. The highest BCUT2D eigenvalue weighted by Gasteiger charge is 2.29. The molecular formula is C27H39N3O5. The third-order valence-corrected chi connectivity index (χ3v) is 6.63. The molecule has 1 amide bonds. The van der Waals surface area contributed by atoms with E-state index in [0.717, 1.165) is 37.2 Å². The topological polar surface area (TPSA) is 93.0 Å². The Balaban J connectivity index is 1.76. The number of aryl methyl sites for hydroxylation is 1. The van der Waals surface area contributed by atoms with Gasteiger partial charge in [0.25, 0.3) is 5.91 Å². The number of ether oxygens (including phenoxy) is 2. The Hall–Kier alpha value is -3.00. The second kappa shape index (κ2) is 12.6. The molecule has 8 heteroatoms. The zero-order valence-electron chi connectivity index (χ0n) is 21.5. The number of hydrogen-bond donors (Lipinski definition) is 2. The number of methoxy groups -OCH3 is 2. The number of nitrogens with one attached hydrogen (secondary N) is 1. The predicted molar refractivity (Wildman–Crippen MR) is 137 cm³/mol. The molecule has 3 rings (SSSR count). The van der Waals surface area contributed by atoms with Crippen molar-refractivity contribution in [3.63, 3.8) is 0 Å². The summed E-state index contributed by atoms with van der Waals surface area (Å²) >= 11 is 0. The van der Waals surface area contributed by atoms with Crippen molar-refractivity contribution in [2.45, 2.75) is 58.9 Å². The van der Waals surface area contributed by atoms with Crippen LogP contribution in [-0.4, -0.2) is 66.8 Å². The molecule has 0 radical (unpaired) electrons. The van der Waals surface area contributed by atoms with Crippen LogP contribution in [-0.2, 0) is 13.0 Å². The van der Waals surface area contributed by atoms with Gasteiger partial charge >= 0.3 is 5.97 Å². The molecular weight excluding hydrogens is 446 g/mol. The molecule has 1 aliphatic heterocycles. The molecule has 2 heterocycles. The van der Waals surface area contributed by atoms with Gasteiger partial charge in [-0.25, -0.2) is 4.79 Å². The van der Waals surface area contributed by atoms with Gasteiger partial charge in [-0.05, 0) is 69.1 Å². The number of nitrogens with zero attached hydrogens (tertiary/aromatic N) is 2. The molecule has 0 fully saturated rings. The van der Waals surface area contributed by atoms with Crippen molar-refractivity contribution in [3.8, 4) is 22.8 Å². The first-order chi connectivity index (χ1) is 16.9. The lowest BCUT2D eigenvalue weighted by Gasteiger charge is -2.22. The standard InChI is InChI=1S/C27H39N3O5/c1-5-7-12-29(13-8-6-2)14-9-11-28-26(31)21-17-22-20-18-24(35-4)23(34-3)16-19(20)10-15-30(22)25(21)27(32)33/h16-18H,5-15H2,1-4H3,(H,28,31)(H,32,33). The van der Waals surface area contributed by atoms with Crippen molar-refractivity contribution in [2.75, 3.05) is 40.4 Å². The molecule has 0 saturated carbocycles. The second-order valence-corrected chi connectivity index (χ2v) is 9.02. The van der Waals surface area contributed by atoms with Gasteiger partial charge in [-0.2, -0.15) is 0 Å². The summed E-state index contributed by atoms with van der Waals surface area (Å²) in [6.07, 6.45) is 6.15. The van der Waals surface area contributed by atoms with Crippen molar-refractivity contribution >= 4 is 11.9 Å². The summed E-state index contributed by atoms with van der Waals surface area (Å²) in [7, 11) is 3.16. The summed E-state index contributed by atoms with van der Waals surface area (Å²) in [5, 5.41) is 12.9. The lowest BCUT2D eigenvalue weighted by atomic mass is 9.97. The molecule has 0 aliphatic carbocycles. The van der Waals surface area contributed by atoms with Crippen LogP contribution in [0.3, 0.4) is 0 Å². The monoisotopic (exact) mass is 485 g/mol. The Morgan fingerprint density at radius 1 is 1.00 bits per heavy atom. The highest BCUT2D eigenvalue weighted by Crippen LogP contribution is 2.40. The normalized spacial score (nSPS) is 12.3. The van der Waals surface area contributed by atoms with E-state index < -0.39 is 5.97 Å². The van der Waals surface area contributed by atoms with E-state index in [1.54, 1.807) is 24.9 Å². The fourth-order valence-electron chi connectivity index (χ4n) is 4.71. The molecule has 0 saturated heterocycles. The van der Waals surface area contributed by atoms with Crippen LogP contribution in [0.2, 0.25) is 0 Å². The number of unbranched alkanes of at least 4 members (excludes halogenated alkanes) is 2. The largest absolute Gasteiger partial charge is 0.493 e. The first-order valence-electron chi connectivity index (χ1n) is 12.7. The maximum atomic E-state index is 13.1. The zero-order valence-corrected chi connectivity index (χ0v) is 21.5. The van der Waals surface area contributed by atoms with E-state index in [1.807, 2.05) is 12.1 Å². The molecule has 0 unspecified atom stereocenters. The Kier molecular flexibility index (Phi) is 9.60. The molecule has 1 aliphatic rings. The van der Waals surface area contributed by atoms with Crippen LogP contribution in [0.5, 0.6) is 11.5 Å². The minimum atomic E-state index is -1.10. The minimum absolute atomic E-state index is 0.0328. The van der Waals surface area contributed by atoms with E-state index >= 15 is 0 Å². The van der Waals surface area contributed by atoms with Gasteiger partial charge in [0.2, 0.25) is 0 Å². The van der Waals surface area contributed by atoms with Crippen molar-refractivity contribution in [3.05, 3.63) is 35.0 Å². The molecule has 1 aromatic carbocycles. The summed E-state index contributed by atoms with van der Waals surface area (Å²) in [6, 6.07) is 5.47. The van der Waals surface area contributed by atoms with Crippen LogP contribution in [0.4, 0.5) is 0 Å². The highest BCUT2D eigenvalue weighted by molar-refractivity contribution is 6.05. The molecule has 1 aromatic heterocycles. The lowest BCUT2D eigenvalue weighted by molar-refractivity contribution is 0.0679. The fraction of sp³-hybridized carbons (Fsp3) is 0.556. The third-order valence-electron chi connectivity index (χ3n) is 6.63. The maximum Gasteiger partial charge on any atom is 0.353 e. The second-order valence-electron chi connectivity index (χ2n) is 9.02. The van der Waals surface area contributed by atoms with Gasteiger partial charge in [0.1, 0.15) is 5.69 Å². The van der Waals surface area contributed by atoms with Gasteiger partial charge in [-0.3, -0.25) is 4.79 Å². The molecule has 2 aromatic rings. The van der Waals surface area contributed by atoms with Crippen molar-refractivity contribution in [1.29, 1.82) is 0 Å². The molecule has 0 spiro atoms. The van der Waals surface area contributed by atoms with Crippen LogP contribution in [0, 0.1) is 0 Å². The van der Waals surface area contributed by atoms with Crippen LogP contribution < -0.4 is 14.8 Å². The zero-order chi connectivity index (χ0) is 25.4. The van der Waals surface area contributed by atoms with Gasteiger partial charge < -0.3 is 29.4 Å². The number of carboxylic acids is 1. The number of aromatic carboxylic acids is 1. The summed E-state index contributed by atoms with van der Waals surface area (Å²) in [5.74, 6) is -0.246. The Morgan fingerprint density at radius 2 is 1.63 bits per heavy atom. The van der Waals surface area contributed by atoms with Gasteiger partial charge in [-0.15, -0.1) is 0 Å². The van der Waals surface area contributed by atoms with Crippen LogP contribution >= 0.6 is 0 Å². The molecule has 35 heavy (non-hydrogen) atoms. The van der Waals surface area contributed by atoms with E-state index in [-0.39, 0.29) is 17.2 Å². The van der Waals surface area contributed by atoms with Crippen molar-refractivity contribution < 1.29 is 24.2 Å². The van der Waals surface area contributed by atoms with Crippen molar-refractivity contribution in [2.24, 2.45) is 0 Å². The van der Waals surface area contributed by atoms with Gasteiger partial charge in [-0.1, -0.05) is 26.7 Å². The molecule has 8 nitrogen and oxygen atoms in total. The van der Waals surface area contributed by atoms with Gasteiger partial charge in [0, 0.05) is 24.3 Å². The Labute approximate surface area is 208 Å². The number of fused-ring (bicyclic) bond motifs is 3. The van der Waals surface area contributed by atoms with Gasteiger partial charge in [0.15, 0.2) is 11.5 Å². The fourth-order valence-corrected chi connectivity index (χ4v) is 4.71. The minimum Gasteiger partial charge on any atom is -0.493 e. The molecule has 192 valence electrons. The predicted octanol–water partition coefficient (Wildman–Crippen LogP) is 4.45. The van der Waals surface area contributed by atoms with E-state index in [1.165, 1.54) is 25.7 Å². The van der Waals surface area contributed by atoms with Gasteiger partial charge in [0.05, 0.1) is 19.8 Å². The number of carboxylic acid groups (broad SMARTS) is 1. The van der Waals surface area contributed by atoms with E-state index in [9.17, 15) is 14.7 Å². The summed E-state index contributed by atoms with van der Waals surface area (Å²) in [5.41, 5.74) is 2.84. The van der Waals surface area contributed by atoms with E-state index in [2.05, 4.69) is 24.1 Å². The van der Waals surface area contributed by atoms with E-state index in [0.29, 0.717) is 36.7 Å². The number of rotatable bonds is 14. The number of benzene rings is 1. The van der Waals surface area contributed by atoms with E-state index in [4.69, 9.17) is 9.47 Å². The van der Waals surface area contributed by atoms with Crippen molar-refractivity contribution in [1.82, 2.24) is 14.8 Å². The summed E-state index contributed by atoms with van der Waals surface area (Å²) in [4.78, 5) is 27.7. The smallest absolute Gasteiger partial charge is 0.353 e. The number of hydrogen-bond acceptors (Lipinski definition) is 5. The summed E-state index contributed by atoms with van der Waals surface area (Å²) in [6.45, 7) is 8.46. The quantitative estimate of drug-likeness (QED) is 0.384. The molecule has 0 atom stereocenters. The lowest BCUT2D eigenvalue weighted by Crippen LogP contribution is -2.32. The first-order valence-corrected chi connectivity index (χ1v) is 12.7. The van der Waals surface area contributed by atoms with Crippen LogP contribution in [0.25, 0.3) is 11.3 Å². The number of aromatic nitrogens is 1. The first kappa shape index (κ1) is 26.6. The highest BCUT2D eigenvalue weighted by atomic mass is 16.5. The number of amides is 1. The van der Waals surface area contributed by atoms with Crippen LogP contribution in [0.15, 0.2) is 18.2 Å². The average Bonchev–Trinajstić information content (AvgIpc) is 3.27. The van der Waals surface area contributed by atoms with Crippen LogP contribution in [0.1, 0.15) is 72.4 Å². The Bertz CT molecular complexity index is 1020. The molecule has 2 N–H and O–H groups in total.